The molecule has 7 heteroatoms. The number of benzene rings is 3. The third-order valence-electron chi connectivity index (χ3n) is 5.64. The molecule has 1 fully saturated rings. The Hall–Kier alpha value is -3.64. The van der Waals surface area contributed by atoms with Crippen molar-refractivity contribution >= 4 is 29.1 Å². The summed E-state index contributed by atoms with van der Waals surface area (Å²) in [6.45, 7) is 0.207. The zero-order valence-corrected chi connectivity index (χ0v) is 18.6. The highest BCUT2D eigenvalue weighted by atomic mass is 35.5. The van der Waals surface area contributed by atoms with Crippen molar-refractivity contribution in [2.75, 3.05) is 13.7 Å². The average molecular weight is 466 g/mol. The van der Waals surface area contributed by atoms with E-state index in [2.05, 4.69) is 0 Å². The second-order valence-corrected chi connectivity index (χ2v) is 8.03. The fourth-order valence-corrected chi connectivity index (χ4v) is 4.16. The van der Waals surface area contributed by atoms with Crippen LogP contribution in [0.1, 0.15) is 22.7 Å². The van der Waals surface area contributed by atoms with Crippen molar-refractivity contribution in [3.05, 3.63) is 106 Å². The molecule has 1 atom stereocenters. The molecule has 1 aliphatic rings. The van der Waals surface area contributed by atoms with Crippen LogP contribution in [0.25, 0.3) is 5.76 Å². The lowest BCUT2D eigenvalue weighted by molar-refractivity contribution is -0.139. The van der Waals surface area contributed by atoms with Gasteiger partial charge in [-0.3, -0.25) is 9.59 Å². The summed E-state index contributed by atoms with van der Waals surface area (Å²) in [6.07, 6.45) is 0.413. The number of hydrogen-bond donors (Lipinski definition) is 1. The molecule has 1 aliphatic heterocycles. The third kappa shape index (κ3) is 4.47. The number of Topliss-reactive ketones (excluding diaryl/α,β-unsaturated/α-hetero) is 1. The highest BCUT2D eigenvalue weighted by molar-refractivity contribution is 6.47. The van der Waals surface area contributed by atoms with E-state index in [9.17, 15) is 19.1 Å². The molecule has 33 heavy (non-hydrogen) atoms. The topological polar surface area (TPSA) is 66.8 Å². The number of ether oxygens (including phenoxy) is 1. The Kier molecular flexibility index (Phi) is 6.47. The molecule has 0 spiro atoms. The van der Waals surface area contributed by atoms with Crippen LogP contribution in [0.4, 0.5) is 4.39 Å². The van der Waals surface area contributed by atoms with Gasteiger partial charge in [-0.25, -0.2) is 4.39 Å². The molecule has 168 valence electrons. The van der Waals surface area contributed by atoms with Gasteiger partial charge in [0.25, 0.3) is 11.7 Å². The Labute approximate surface area is 195 Å². The van der Waals surface area contributed by atoms with E-state index in [1.165, 1.54) is 30.2 Å². The van der Waals surface area contributed by atoms with Crippen LogP contribution >= 0.6 is 11.6 Å². The smallest absolute Gasteiger partial charge is 0.295 e. The van der Waals surface area contributed by atoms with Gasteiger partial charge in [0, 0.05) is 12.1 Å². The van der Waals surface area contributed by atoms with Crippen LogP contribution in [0.15, 0.2) is 78.4 Å². The summed E-state index contributed by atoms with van der Waals surface area (Å²) in [6, 6.07) is 18.9. The summed E-state index contributed by atoms with van der Waals surface area (Å²) in [5.41, 5.74) is 1.66. The van der Waals surface area contributed by atoms with Crippen molar-refractivity contribution in [1.82, 2.24) is 4.90 Å². The molecular weight excluding hydrogens is 445 g/mol. The molecule has 4 rings (SSSR count). The lowest BCUT2D eigenvalue weighted by atomic mass is 9.95. The maximum absolute atomic E-state index is 13.2. The van der Waals surface area contributed by atoms with Crippen molar-refractivity contribution in [1.29, 1.82) is 0 Å². The number of nitrogens with zero attached hydrogens (tertiary/aromatic N) is 1. The van der Waals surface area contributed by atoms with Crippen LogP contribution in [0.5, 0.6) is 5.75 Å². The second kappa shape index (κ2) is 9.46. The predicted octanol–water partition coefficient (Wildman–Crippen LogP) is 5.15. The average Bonchev–Trinajstić information content (AvgIpc) is 3.09. The van der Waals surface area contributed by atoms with Gasteiger partial charge >= 0.3 is 0 Å². The molecule has 1 heterocycles. The van der Waals surface area contributed by atoms with Gasteiger partial charge in [0.1, 0.15) is 17.3 Å². The summed E-state index contributed by atoms with van der Waals surface area (Å²) in [5, 5.41) is 11.4. The molecule has 0 aromatic heterocycles. The molecule has 3 aromatic carbocycles. The lowest BCUT2D eigenvalue weighted by Gasteiger charge is -2.25. The number of hydrogen-bond acceptors (Lipinski definition) is 4. The minimum atomic E-state index is -0.797. The third-order valence-corrected chi connectivity index (χ3v) is 5.97. The SMILES string of the molecule is COc1ccc(Cl)c(/C(O)=C2\C(=O)C(=O)N(CCc3ccc(F)cc3)C2c2ccccc2)c1. The van der Waals surface area contributed by atoms with Gasteiger partial charge in [-0.2, -0.15) is 0 Å². The molecule has 5 nitrogen and oxygen atoms in total. The number of carbonyl (C=O) groups excluding carboxylic acids is 2. The summed E-state index contributed by atoms with van der Waals surface area (Å²) < 4.78 is 18.5. The molecule has 1 amide bonds. The largest absolute Gasteiger partial charge is 0.507 e. The fourth-order valence-electron chi connectivity index (χ4n) is 3.95. The number of likely N-dealkylation sites (tertiary alicyclic amines) is 1. The maximum atomic E-state index is 13.2. The van der Waals surface area contributed by atoms with E-state index >= 15 is 0 Å². The quantitative estimate of drug-likeness (QED) is 0.310. The minimum Gasteiger partial charge on any atom is -0.507 e. The molecule has 0 saturated carbocycles. The number of rotatable bonds is 6. The number of aliphatic hydroxyl groups excluding tert-OH is 1. The predicted molar refractivity (Wildman–Crippen MR) is 124 cm³/mol. The minimum absolute atomic E-state index is 0.0412. The summed E-state index contributed by atoms with van der Waals surface area (Å²) in [4.78, 5) is 27.6. The van der Waals surface area contributed by atoms with Gasteiger partial charge in [-0.15, -0.1) is 0 Å². The van der Waals surface area contributed by atoms with Gasteiger partial charge < -0.3 is 14.7 Å². The highest BCUT2D eigenvalue weighted by Crippen LogP contribution is 2.41. The van der Waals surface area contributed by atoms with E-state index in [0.29, 0.717) is 17.7 Å². The number of amides is 1. The Bertz CT molecular complexity index is 1220. The van der Waals surface area contributed by atoms with E-state index in [1.807, 2.05) is 6.07 Å². The Balaban J connectivity index is 1.79. The maximum Gasteiger partial charge on any atom is 0.295 e. The fraction of sp³-hybridized carbons (Fsp3) is 0.154. The first-order chi connectivity index (χ1) is 15.9. The Morgan fingerprint density at radius 3 is 2.42 bits per heavy atom. The van der Waals surface area contributed by atoms with Gasteiger partial charge in [0.2, 0.25) is 0 Å². The van der Waals surface area contributed by atoms with Crippen molar-refractivity contribution in [2.45, 2.75) is 12.5 Å². The molecule has 1 saturated heterocycles. The van der Waals surface area contributed by atoms with Crippen LogP contribution < -0.4 is 4.74 Å². The summed E-state index contributed by atoms with van der Waals surface area (Å²) in [5.74, 6) is -1.78. The molecule has 1 unspecified atom stereocenters. The first-order valence-electron chi connectivity index (χ1n) is 10.3. The molecule has 0 radical (unpaired) electrons. The van der Waals surface area contributed by atoms with Gasteiger partial charge in [0.15, 0.2) is 0 Å². The normalized spacial score (nSPS) is 17.4. The molecular formula is C26H21ClFNO4. The number of halogens is 2. The van der Waals surface area contributed by atoms with E-state index in [-0.39, 0.29) is 34.3 Å². The van der Waals surface area contributed by atoms with E-state index in [0.717, 1.165) is 5.56 Å². The van der Waals surface area contributed by atoms with Crippen molar-refractivity contribution in [3.8, 4) is 5.75 Å². The zero-order valence-electron chi connectivity index (χ0n) is 17.8. The number of carbonyl (C=O) groups is 2. The number of methoxy groups -OCH3 is 1. The van der Waals surface area contributed by atoms with Gasteiger partial charge in [-0.05, 0) is 47.9 Å². The Morgan fingerprint density at radius 2 is 1.76 bits per heavy atom. The Morgan fingerprint density at radius 1 is 1.06 bits per heavy atom. The standard InChI is InChI=1S/C26H21ClFNO4/c1-33-19-11-12-21(27)20(15-19)24(30)22-23(17-5-3-2-4-6-17)29(26(32)25(22)31)14-13-16-7-9-18(28)10-8-16/h2-12,15,23,30H,13-14H2,1H3/b24-22+. The number of ketones is 1. The van der Waals surface area contributed by atoms with Gasteiger partial charge in [-0.1, -0.05) is 54.1 Å². The van der Waals surface area contributed by atoms with Crippen LogP contribution in [0, 0.1) is 5.82 Å². The lowest BCUT2D eigenvalue weighted by Crippen LogP contribution is -2.31. The monoisotopic (exact) mass is 465 g/mol. The number of aliphatic hydroxyl groups is 1. The van der Waals surface area contributed by atoms with E-state index in [1.54, 1.807) is 48.5 Å². The summed E-state index contributed by atoms with van der Waals surface area (Å²) in [7, 11) is 1.48. The molecule has 3 aromatic rings. The first-order valence-corrected chi connectivity index (χ1v) is 10.7. The zero-order chi connectivity index (χ0) is 23.5. The van der Waals surface area contributed by atoms with Gasteiger partial charge in [0.05, 0.1) is 23.7 Å². The van der Waals surface area contributed by atoms with E-state index in [4.69, 9.17) is 16.3 Å². The van der Waals surface area contributed by atoms with Crippen LogP contribution in [-0.4, -0.2) is 35.4 Å². The van der Waals surface area contributed by atoms with Crippen LogP contribution in [0.2, 0.25) is 5.02 Å². The van der Waals surface area contributed by atoms with Crippen LogP contribution in [-0.2, 0) is 16.0 Å². The molecule has 1 N–H and O–H groups in total. The first kappa shape index (κ1) is 22.6. The van der Waals surface area contributed by atoms with Crippen molar-refractivity contribution in [2.24, 2.45) is 0 Å². The summed E-state index contributed by atoms with van der Waals surface area (Å²) >= 11 is 6.30. The second-order valence-electron chi connectivity index (χ2n) is 7.63. The molecule has 0 aliphatic carbocycles. The van der Waals surface area contributed by atoms with Crippen LogP contribution in [0.3, 0.4) is 0 Å². The van der Waals surface area contributed by atoms with E-state index < -0.39 is 17.7 Å². The van der Waals surface area contributed by atoms with Crippen molar-refractivity contribution < 1.29 is 23.8 Å². The molecule has 0 bridgehead atoms. The highest BCUT2D eigenvalue weighted by Gasteiger charge is 2.46. The van der Waals surface area contributed by atoms with Crippen molar-refractivity contribution in [3.63, 3.8) is 0 Å².